The zero-order valence-corrected chi connectivity index (χ0v) is 13.1. The van der Waals surface area contributed by atoms with Gasteiger partial charge in [-0.15, -0.1) is 24.2 Å². The van der Waals surface area contributed by atoms with E-state index in [0.29, 0.717) is 6.04 Å². The fourth-order valence-electron chi connectivity index (χ4n) is 1.94. The Balaban J connectivity index is 0.00000162. The summed E-state index contributed by atoms with van der Waals surface area (Å²) in [6, 6.07) is 5.94. The van der Waals surface area contributed by atoms with Crippen LogP contribution < -0.4 is 5.73 Å². The van der Waals surface area contributed by atoms with E-state index in [1.165, 1.54) is 0 Å². The average molecular weight is 328 g/mol. The maximum atomic E-state index is 6.10. The fraction of sp³-hybridized carbons (Fsp3) is 0.500. The van der Waals surface area contributed by atoms with Crippen molar-refractivity contribution >= 4 is 47.4 Å². The molecule has 1 fully saturated rings. The number of nitrogens with two attached hydrogens (primary N) is 1. The van der Waals surface area contributed by atoms with E-state index in [1.807, 2.05) is 18.2 Å². The second-order valence-corrected chi connectivity index (χ2v) is 6.25. The molecule has 0 spiro atoms. The van der Waals surface area contributed by atoms with Gasteiger partial charge >= 0.3 is 0 Å². The summed E-state index contributed by atoms with van der Waals surface area (Å²) in [7, 11) is 0. The number of nitrogens with zero attached hydrogens (tertiary/aromatic N) is 1. The minimum atomic E-state index is 0. The number of thioether (sulfide) groups is 1. The van der Waals surface area contributed by atoms with Gasteiger partial charge in [0, 0.05) is 34.8 Å². The SMILES string of the molecule is Cl.N[C@H]1CCN(CCSc2cc(Cl)ccc2Cl)C1. The third kappa shape index (κ3) is 4.80. The molecule has 1 heterocycles. The van der Waals surface area contributed by atoms with Crippen molar-refractivity contribution in [3.8, 4) is 0 Å². The van der Waals surface area contributed by atoms with Crippen molar-refractivity contribution < 1.29 is 0 Å². The summed E-state index contributed by atoms with van der Waals surface area (Å²) in [5.74, 6) is 1.02. The van der Waals surface area contributed by atoms with E-state index >= 15 is 0 Å². The number of benzene rings is 1. The second kappa shape index (κ2) is 7.83. The third-order valence-electron chi connectivity index (χ3n) is 2.87. The minimum absolute atomic E-state index is 0. The maximum Gasteiger partial charge on any atom is 0.0542 e. The molecule has 6 heteroatoms. The summed E-state index contributed by atoms with van der Waals surface area (Å²) < 4.78 is 0. The first kappa shape index (κ1) is 16.4. The molecule has 18 heavy (non-hydrogen) atoms. The molecule has 1 aromatic rings. The zero-order chi connectivity index (χ0) is 12.3. The van der Waals surface area contributed by atoms with Gasteiger partial charge < -0.3 is 10.6 Å². The van der Waals surface area contributed by atoms with Crippen LogP contribution in [-0.2, 0) is 0 Å². The summed E-state index contributed by atoms with van der Waals surface area (Å²) in [4.78, 5) is 3.46. The molecule has 0 unspecified atom stereocenters. The van der Waals surface area contributed by atoms with E-state index in [0.717, 1.165) is 46.7 Å². The number of halogens is 3. The van der Waals surface area contributed by atoms with E-state index in [2.05, 4.69) is 4.90 Å². The molecule has 1 atom stereocenters. The van der Waals surface area contributed by atoms with Crippen molar-refractivity contribution in [1.29, 1.82) is 0 Å². The van der Waals surface area contributed by atoms with Crippen molar-refractivity contribution in [1.82, 2.24) is 4.90 Å². The van der Waals surface area contributed by atoms with Crippen molar-refractivity contribution in [3.63, 3.8) is 0 Å². The Morgan fingerprint density at radius 3 is 2.83 bits per heavy atom. The average Bonchev–Trinajstić information content (AvgIpc) is 2.69. The molecule has 0 saturated carbocycles. The van der Waals surface area contributed by atoms with E-state index in [9.17, 15) is 0 Å². The summed E-state index contributed by atoms with van der Waals surface area (Å²) in [6.07, 6.45) is 1.11. The van der Waals surface area contributed by atoms with Gasteiger partial charge in [0.2, 0.25) is 0 Å². The zero-order valence-electron chi connectivity index (χ0n) is 9.94. The Labute approximate surface area is 129 Å². The van der Waals surface area contributed by atoms with Crippen LogP contribution in [0.4, 0.5) is 0 Å². The van der Waals surface area contributed by atoms with Crippen LogP contribution in [0.15, 0.2) is 23.1 Å². The summed E-state index contributed by atoms with van der Waals surface area (Å²) in [6.45, 7) is 3.19. The lowest BCUT2D eigenvalue weighted by molar-refractivity contribution is 0.357. The molecule has 1 aliphatic rings. The molecule has 0 aliphatic carbocycles. The molecule has 2 rings (SSSR count). The molecule has 2 N–H and O–H groups in total. The molecule has 1 aromatic carbocycles. The molecule has 0 aromatic heterocycles. The largest absolute Gasteiger partial charge is 0.326 e. The normalized spacial score (nSPS) is 19.8. The van der Waals surface area contributed by atoms with E-state index < -0.39 is 0 Å². The van der Waals surface area contributed by atoms with Gasteiger partial charge in [0.05, 0.1) is 5.02 Å². The van der Waals surface area contributed by atoms with Crippen molar-refractivity contribution in [2.45, 2.75) is 17.4 Å². The van der Waals surface area contributed by atoms with Gasteiger partial charge in [0.25, 0.3) is 0 Å². The van der Waals surface area contributed by atoms with Gasteiger partial charge in [-0.05, 0) is 31.2 Å². The van der Waals surface area contributed by atoms with Crippen LogP contribution in [0.2, 0.25) is 10.0 Å². The highest BCUT2D eigenvalue weighted by Crippen LogP contribution is 2.29. The maximum absolute atomic E-state index is 6.10. The fourth-order valence-corrected chi connectivity index (χ4v) is 3.44. The molecule has 102 valence electrons. The molecule has 1 saturated heterocycles. The Morgan fingerprint density at radius 1 is 1.39 bits per heavy atom. The van der Waals surface area contributed by atoms with Gasteiger partial charge in [0.1, 0.15) is 0 Å². The Hall–Kier alpha value is 0.360. The van der Waals surface area contributed by atoms with Gasteiger partial charge in [-0.1, -0.05) is 23.2 Å². The number of hydrogen-bond acceptors (Lipinski definition) is 3. The van der Waals surface area contributed by atoms with Gasteiger partial charge in [-0.2, -0.15) is 0 Å². The van der Waals surface area contributed by atoms with E-state index in [1.54, 1.807) is 11.8 Å². The molecule has 2 nitrogen and oxygen atoms in total. The van der Waals surface area contributed by atoms with E-state index in [4.69, 9.17) is 28.9 Å². The van der Waals surface area contributed by atoms with Crippen LogP contribution in [0.1, 0.15) is 6.42 Å². The molecule has 0 radical (unpaired) electrons. The summed E-state index contributed by atoms with van der Waals surface area (Å²) >= 11 is 13.8. The lowest BCUT2D eigenvalue weighted by Crippen LogP contribution is -2.28. The summed E-state index contributed by atoms with van der Waals surface area (Å²) in [5.41, 5.74) is 5.86. The highest BCUT2D eigenvalue weighted by molar-refractivity contribution is 7.99. The molecular weight excluding hydrogens is 311 g/mol. The predicted octanol–water partition coefficient (Wildman–Crippen LogP) is 3.54. The van der Waals surface area contributed by atoms with E-state index in [-0.39, 0.29) is 12.4 Å². The van der Waals surface area contributed by atoms with Gasteiger partial charge in [-0.3, -0.25) is 0 Å². The molecular formula is C12H17Cl3N2S. The molecule has 0 bridgehead atoms. The quantitative estimate of drug-likeness (QED) is 0.858. The van der Waals surface area contributed by atoms with Gasteiger partial charge in [0.15, 0.2) is 0 Å². The van der Waals surface area contributed by atoms with Gasteiger partial charge in [-0.25, -0.2) is 0 Å². The summed E-state index contributed by atoms with van der Waals surface area (Å²) in [5, 5.41) is 1.51. The van der Waals surface area contributed by atoms with Crippen LogP contribution in [0, 0.1) is 0 Å². The van der Waals surface area contributed by atoms with Crippen LogP contribution in [0.3, 0.4) is 0 Å². The van der Waals surface area contributed by atoms with Crippen LogP contribution in [0.25, 0.3) is 0 Å². The lowest BCUT2D eigenvalue weighted by atomic mass is 10.3. The smallest absolute Gasteiger partial charge is 0.0542 e. The second-order valence-electron chi connectivity index (χ2n) is 4.27. The Morgan fingerprint density at radius 2 is 2.17 bits per heavy atom. The third-order valence-corrected chi connectivity index (χ3v) is 4.58. The highest BCUT2D eigenvalue weighted by Gasteiger charge is 2.18. The van der Waals surface area contributed by atoms with Crippen molar-refractivity contribution in [3.05, 3.63) is 28.2 Å². The standard InChI is InChI=1S/C12H16Cl2N2S.ClH/c13-9-1-2-11(14)12(7-9)17-6-5-16-4-3-10(15)8-16;/h1-2,7,10H,3-6,8,15H2;1H/t10-;/m0./s1. The van der Waals surface area contributed by atoms with Crippen LogP contribution >= 0.6 is 47.4 Å². The van der Waals surface area contributed by atoms with Crippen molar-refractivity contribution in [2.24, 2.45) is 5.73 Å². The van der Waals surface area contributed by atoms with Crippen molar-refractivity contribution in [2.75, 3.05) is 25.4 Å². The molecule has 0 amide bonds. The number of rotatable bonds is 4. The minimum Gasteiger partial charge on any atom is -0.326 e. The highest BCUT2D eigenvalue weighted by atomic mass is 35.5. The number of hydrogen-bond donors (Lipinski definition) is 1. The Kier molecular flexibility index (Phi) is 7.14. The molecule has 1 aliphatic heterocycles. The van der Waals surface area contributed by atoms with Crippen LogP contribution in [0.5, 0.6) is 0 Å². The van der Waals surface area contributed by atoms with Crippen LogP contribution in [-0.4, -0.2) is 36.3 Å². The Bertz CT molecular complexity index is 390. The first-order valence-electron chi connectivity index (χ1n) is 5.71. The number of likely N-dealkylation sites (tertiary alicyclic amines) is 1. The first-order valence-corrected chi connectivity index (χ1v) is 7.45. The lowest BCUT2D eigenvalue weighted by Gasteiger charge is -2.14. The first-order chi connectivity index (χ1) is 8.15. The monoisotopic (exact) mass is 326 g/mol. The predicted molar refractivity (Wildman–Crippen MR) is 83.5 cm³/mol. The topological polar surface area (TPSA) is 29.3 Å².